The third-order valence-electron chi connectivity index (χ3n) is 4.20. The Morgan fingerprint density at radius 1 is 0.704 bits per heavy atom. The molecule has 0 fully saturated rings. The second-order valence-corrected chi connectivity index (χ2v) is 8.18. The van der Waals surface area contributed by atoms with E-state index in [-0.39, 0.29) is 25.1 Å². The molecule has 0 atom stereocenters. The van der Waals surface area contributed by atoms with Crippen molar-refractivity contribution in [2.45, 2.75) is 0 Å². The van der Waals surface area contributed by atoms with Crippen LogP contribution in [0.5, 0.6) is 0 Å². The van der Waals surface area contributed by atoms with Crippen molar-refractivity contribution in [2.75, 3.05) is 4.90 Å². The summed E-state index contributed by atoms with van der Waals surface area (Å²) in [5.74, 6) is 0. The first-order valence-electron chi connectivity index (χ1n) is 8.47. The maximum atomic E-state index is 10.9. The van der Waals surface area contributed by atoms with Crippen LogP contribution in [-0.4, -0.2) is 19.4 Å². The number of rotatable bonds is 5. The van der Waals surface area contributed by atoms with Crippen LogP contribution >= 0.6 is 0 Å². The predicted octanol–water partition coefficient (Wildman–Crippen LogP) is 5.79. The number of nitro benzene ring substituents is 1. The van der Waals surface area contributed by atoms with Gasteiger partial charge in [0.05, 0.1) is 0 Å². The first-order valence-corrected chi connectivity index (χ1v) is 10.2. The second kappa shape index (κ2) is 7.62. The van der Waals surface area contributed by atoms with E-state index in [1.807, 2.05) is 48.5 Å². The van der Waals surface area contributed by atoms with E-state index in [1.165, 1.54) is 9.00 Å². The fourth-order valence-electron chi connectivity index (χ4n) is 2.91. The number of non-ortho nitro benzene ring substituents is 1. The molecule has 0 aliphatic carbocycles. The Kier molecular flexibility index (Phi) is 4.88. The monoisotopic (exact) mass is 420 g/mol. The van der Waals surface area contributed by atoms with Crippen LogP contribution in [0.2, 0.25) is 0 Å². The third kappa shape index (κ3) is 3.70. The van der Waals surface area contributed by atoms with Crippen LogP contribution in [-0.2, 0) is 0 Å². The number of benzene rings is 3. The molecule has 0 unspecified atom stereocenters. The number of nitrogens with zero attached hydrogens (tertiary/aromatic N) is 2. The molecule has 4 rings (SSSR count). The van der Waals surface area contributed by atoms with Gasteiger partial charge in [0.1, 0.15) is 0 Å². The molecule has 0 radical (unpaired) electrons. The van der Waals surface area contributed by atoms with Crippen LogP contribution in [0.3, 0.4) is 0 Å². The predicted molar refractivity (Wildman–Crippen MR) is 110 cm³/mol. The molecule has 0 saturated carbocycles. The number of hydrogen-bond donors (Lipinski definition) is 0. The molecule has 0 amide bonds. The molecule has 0 aliphatic rings. The van der Waals surface area contributed by atoms with E-state index in [0.29, 0.717) is 0 Å². The fraction of sp³-hybridized carbons (Fsp3) is 0. The van der Waals surface area contributed by atoms with Crippen LogP contribution in [0.4, 0.5) is 21.6 Å². The molecule has 0 N–H and O–H groups in total. The Balaban J connectivity index is 1.73. The molecule has 132 valence electrons. The van der Waals surface area contributed by atoms with Gasteiger partial charge in [-0.2, -0.15) is 0 Å². The summed E-state index contributed by atoms with van der Waals surface area (Å²) in [5, 5.41) is 10.9. The summed E-state index contributed by atoms with van der Waals surface area (Å²) in [6.07, 6.45) is 0. The summed E-state index contributed by atoms with van der Waals surface area (Å²) in [7, 11) is 0. The Bertz CT molecular complexity index is 1010. The second-order valence-electron chi connectivity index (χ2n) is 5.95. The first-order chi connectivity index (χ1) is 13.2. The van der Waals surface area contributed by atoms with E-state index < -0.39 is 0 Å². The van der Waals surface area contributed by atoms with Gasteiger partial charge in [-0.1, -0.05) is 0 Å². The number of anilines is 3. The van der Waals surface area contributed by atoms with Crippen LogP contribution in [0.25, 0.3) is 10.0 Å². The average Bonchev–Trinajstić information content (AvgIpc) is 3.19. The summed E-state index contributed by atoms with van der Waals surface area (Å²) in [5.41, 5.74) is 3.39. The van der Waals surface area contributed by atoms with Crippen LogP contribution in [0, 0.1) is 10.1 Å². The third-order valence-corrected chi connectivity index (χ3v) is 6.55. The van der Waals surface area contributed by atoms with Crippen LogP contribution in [0.1, 0.15) is 0 Å². The van der Waals surface area contributed by atoms with E-state index >= 15 is 0 Å². The topological polar surface area (TPSA) is 46.4 Å². The van der Waals surface area contributed by atoms with Gasteiger partial charge < -0.3 is 0 Å². The van der Waals surface area contributed by atoms with Gasteiger partial charge in [0.25, 0.3) is 0 Å². The Labute approximate surface area is 163 Å². The molecular weight excluding hydrogens is 403 g/mol. The molecule has 1 aromatic heterocycles. The van der Waals surface area contributed by atoms with Gasteiger partial charge >= 0.3 is 163 Å². The summed E-state index contributed by atoms with van der Waals surface area (Å²) in [6, 6.07) is 31.7. The molecule has 5 heteroatoms. The molecule has 27 heavy (non-hydrogen) atoms. The van der Waals surface area contributed by atoms with Crippen molar-refractivity contribution in [3.63, 3.8) is 0 Å². The quantitative estimate of drug-likeness (QED) is 0.234. The van der Waals surface area contributed by atoms with Crippen molar-refractivity contribution >= 4 is 36.1 Å². The van der Waals surface area contributed by atoms with Crippen molar-refractivity contribution in [3.05, 3.63) is 107 Å². The summed E-state index contributed by atoms with van der Waals surface area (Å²) in [4.78, 5) is 12.8. The maximum absolute atomic E-state index is 10.9. The molecule has 0 bridgehead atoms. The SMILES string of the molecule is O=[N+]([O-])c1ccc(-c2ccc(N(c3ccccc3)c3ccccc3)[se]2)cc1. The van der Waals surface area contributed by atoms with E-state index in [1.54, 1.807) is 12.1 Å². The van der Waals surface area contributed by atoms with Gasteiger partial charge in [0.2, 0.25) is 0 Å². The van der Waals surface area contributed by atoms with Gasteiger partial charge in [0.15, 0.2) is 0 Å². The molecular formula is C22H16N2O2Se. The minimum absolute atomic E-state index is 0.0990. The Morgan fingerprint density at radius 3 is 1.78 bits per heavy atom. The molecule has 0 aliphatic heterocycles. The van der Waals surface area contributed by atoms with E-state index in [9.17, 15) is 10.1 Å². The minimum atomic E-state index is -0.367. The molecule has 0 saturated heterocycles. The molecule has 3 aromatic carbocycles. The molecule has 0 spiro atoms. The van der Waals surface area contributed by atoms with Gasteiger partial charge in [0, 0.05) is 0 Å². The standard InChI is InChI=1S/C22H16N2O2Se/c25-24(26)20-13-11-17(12-14-20)21-15-16-22(27-21)23(18-7-3-1-4-8-18)19-9-5-2-6-10-19/h1-16H. The zero-order chi connectivity index (χ0) is 18.6. The number of hydrogen-bond acceptors (Lipinski definition) is 3. The van der Waals surface area contributed by atoms with Gasteiger partial charge in [-0.15, -0.1) is 0 Å². The normalized spacial score (nSPS) is 10.5. The van der Waals surface area contributed by atoms with Crippen molar-refractivity contribution in [2.24, 2.45) is 0 Å². The van der Waals surface area contributed by atoms with Crippen molar-refractivity contribution in [3.8, 4) is 10.0 Å². The number of para-hydroxylation sites is 2. The summed E-state index contributed by atoms with van der Waals surface area (Å²) >= 11 is 0.0990. The van der Waals surface area contributed by atoms with Crippen molar-refractivity contribution in [1.29, 1.82) is 0 Å². The van der Waals surface area contributed by atoms with Gasteiger partial charge in [-0.3, -0.25) is 0 Å². The molecule has 1 heterocycles. The summed E-state index contributed by atoms with van der Waals surface area (Å²) in [6.45, 7) is 0. The van der Waals surface area contributed by atoms with Gasteiger partial charge in [-0.25, -0.2) is 0 Å². The van der Waals surface area contributed by atoms with E-state index in [2.05, 4.69) is 41.3 Å². The van der Waals surface area contributed by atoms with Crippen molar-refractivity contribution < 1.29 is 4.92 Å². The Morgan fingerprint density at radius 2 is 1.26 bits per heavy atom. The van der Waals surface area contributed by atoms with Gasteiger partial charge in [-0.05, 0) is 0 Å². The van der Waals surface area contributed by atoms with Crippen LogP contribution < -0.4 is 4.90 Å². The fourth-order valence-corrected chi connectivity index (χ4v) is 5.12. The summed E-state index contributed by atoms with van der Waals surface area (Å²) < 4.78 is 2.44. The first kappa shape index (κ1) is 17.3. The van der Waals surface area contributed by atoms with Crippen molar-refractivity contribution in [1.82, 2.24) is 0 Å². The number of nitro groups is 1. The zero-order valence-electron chi connectivity index (χ0n) is 14.4. The molecule has 4 nitrogen and oxygen atoms in total. The van der Waals surface area contributed by atoms with E-state index in [4.69, 9.17) is 0 Å². The zero-order valence-corrected chi connectivity index (χ0v) is 16.1. The van der Waals surface area contributed by atoms with Crippen LogP contribution in [0.15, 0.2) is 97.1 Å². The molecule has 4 aromatic rings. The Hall–Kier alpha value is -3.14. The average molecular weight is 419 g/mol. The van der Waals surface area contributed by atoms with E-state index in [0.717, 1.165) is 16.9 Å².